The monoisotopic (exact) mass is 619 g/mol. The number of ketones is 1. The summed E-state index contributed by atoms with van der Waals surface area (Å²) < 4.78 is 19.4. The molecule has 9 rings (SSSR count). The van der Waals surface area contributed by atoms with Crippen molar-refractivity contribution in [2.24, 2.45) is 23.2 Å². The van der Waals surface area contributed by atoms with E-state index in [2.05, 4.69) is 52.6 Å². The molecule has 3 aliphatic heterocycles. The Balaban J connectivity index is 1.17. The Morgan fingerprint density at radius 1 is 0.978 bits per heavy atom. The van der Waals surface area contributed by atoms with Crippen LogP contribution in [-0.2, 0) is 32.5 Å². The zero-order valence-corrected chi connectivity index (χ0v) is 27.9. The van der Waals surface area contributed by atoms with Crippen LogP contribution in [0, 0.1) is 23.2 Å². The quantitative estimate of drug-likeness (QED) is 0.346. The van der Waals surface area contributed by atoms with Gasteiger partial charge in [0.2, 0.25) is 0 Å². The molecule has 2 unspecified atom stereocenters. The van der Waals surface area contributed by atoms with Gasteiger partial charge in [-0.3, -0.25) is 4.79 Å². The van der Waals surface area contributed by atoms with E-state index in [4.69, 9.17) is 14.2 Å². The van der Waals surface area contributed by atoms with Gasteiger partial charge in [0.15, 0.2) is 11.4 Å². The number of hydrogen-bond donors (Lipinski definition) is 4. The average Bonchev–Trinajstić information content (AvgIpc) is 3.44. The molecule has 4 heterocycles. The number of carbonyl (C=O) groups excluding carboxylic acids is 1. The first-order chi connectivity index (χ1) is 20.8. The van der Waals surface area contributed by atoms with E-state index in [9.17, 15) is 20.1 Å². The number of aliphatic hydroxyl groups excluding tert-OH is 1. The van der Waals surface area contributed by atoms with Crippen LogP contribution in [0.4, 0.5) is 0 Å². The highest BCUT2D eigenvalue weighted by Crippen LogP contribution is 2.75. The summed E-state index contributed by atoms with van der Waals surface area (Å²) in [5.74, 6) is 0.467. The first kappa shape index (κ1) is 29.3. The lowest BCUT2D eigenvalue weighted by atomic mass is 9.40. The fraction of sp³-hybridized carbons (Fsp3) is 0.757. The number of nitrogens with one attached hydrogen (secondary N) is 1. The molecule has 0 radical (unpaired) electrons. The molecule has 1 aromatic carbocycles. The second-order valence-electron chi connectivity index (χ2n) is 17.8. The summed E-state index contributed by atoms with van der Waals surface area (Å²) in [7, 11) is 0. The van der Waals surface area contributed by atoms with Crippen LogP contribution in [0.2, 0.25) is 0 Å². The zero-order valence-electron chi connectivity index (χ0n) is 27.9. The van der Waals surface area contributed by atoms with Crippen LogP contribution in [0.1, 0.15) is 108 Å². The van der Waals surface area contributed by atoms with E-state index in [-0.39, 0.29) is 23.0 Å². The van der Waals surface area contributed by atoms with E-state index in [1.807, 2.05) is 6.07 Å². The Morgan fingerprint density at radius 2 is 1.71 bits per heavy atom. The maximum absolute atomic E-state index is 14.2. The summed E-state index contributed by atoms with van der Waals surface area (Å²) in [6, 6.07) is 4.11. The Morgan fingerprint density at radius 3 is 2.42 bits per heavy atom. The Hall–Kier alpha value is -1.81. The van der Waals surface area contributed by atoms with Crippen molar-refractivity contribution in [2.45, 2.75) is 152 Å². The van der Waals surface area contributed by atoms with Gasteiger partial charge in [0.1, 0.15) is 23.9 Å². The number of fused-ring (bicyclic) bond motifs is 10. The van der Waals surface area contributed by atoms with E-state index in [0.717, 1.165) is 42.3 Å². The Labute approximate surface area is 265 Å². The second kappa shape index (κ2) is 8.07. The smallest absolute Gasteiger partial charge is 0.169 e. The van der Waals surface area contributed by atoms with Gasteiger partial charge in [-0.15, -0.1) is 0 Å². The standard InChI is InChI=1S/C37H49NO7/c1-31(2,41)29-27(40)30-37(44-30)23(43-29)12-13-34(7)35(8)17(11-14-36(34,37)42)15-20-24-19-16-21-25(33(5,6)45-32(21,3)4)26(39)18(19)9-10-22(24)38-28(20)35/h9-10,17,21,23,25,27,29-30,38,40-42H,11-16H2,1-8H3/t17?,21-,23?,25+,27+,29-,30-,34+,35+,36-,37-/m0/s1. The molecule has 1 aromatic heterocycles. The van der Waals surface area contributed by atoms with E-state index in [1.54, 1.807) is 13.8 Å². The van der Waals surface area contributed by atoms with Gasteiger partial charge in [-0.05, 0) is 109 Å². The topological polar surface area (TPSA) is 125 Å². The van der Waals surface area contributed by atoms with Crippen LogP contribution in [-0.4, -0.2) is 78.5 Å². The fourth-order valence-electron chi connectivity index (χ4n) is 12.6. The summed E-state index contributed by atoms with van der Waals surface area (Å²) in [5.41, 5.74) is 0.255. The van der Waals surface area contributed by atoms with E-state index in [1.165, 1.54) is 16.6 Å². The lowest BCUT2D eigenvalue weighted by molar-refractivity contribution is -0.280. The number of ether oxygens (including phenoxy) is 3. The summed E-state index contributed by atoms with van der Waals surface area (Å²) in [5, 5.41) is 36.4. The highest BCUT2D eigenvalue weighted by atomic mass is 16.7. The summed E-state index contributed by atoms with van der Waals surface area (Å²) >= 11 is 0. The number of rotatable bonds is 1. The molecule has 3 saturated heterocycles. The van der Waals surface area contributed by atoms with Gasteiger partial charge in [-0.25, -0.2) is 0 Å². The van der Waals surface area contributed by atoms with Crippen LogP contribution in [0.25, 0.3) is 10.9 Å². The number of Topliss-reactive ketones (excluding diaryl/α,β-unsaturated/α-hetero) is 1. The third-order valence-corrected chi connectivity index (χ3v) is 14.8. The van der Waals surface area contributed by atoms with E-state index >= 15 is 0 Å². The third-order valence-electron chi connectivity index (χ3n) is 14.8. The number of aromatic amines is 1. The first-order valence-electron chi connectivity index (χ1n) is 17.2. The van der Waals surface area contributed by atoms with Crippen molar-refractivity contribution in [1.82, 2.24) is 4.98 Å². The normalized spacial score (nSPS) is 48.5. The minimum absolute atomic E-state index is 0.106. The number of aliphatic hydroxyl groups is 3. The van der Waals surface area contributed by atoms with Gasteiger partial charge in [0.05, 0.1) is 28.8 Å². The molecule has 0 amide bonds. The Bertz CT molecular complexity index is 1690. The van der Waals surface area contributed by atoms with Crippen molar-refractivity contribution < 1.29 is 34.3 Å². The second-order valence-corrected chi connectivity index (χ2v) is 17.8. The van der Waals surface area contributed by atoms with Crippen molar-refractivity contribution in [3.05, 3.63) is 34.5 Å². The predicted molar refractivity (Wildman–Crippen MR) is 167 cm³/mol. The third kappa shape index (κ3) is 3.06. The molecule has 8 nitrogen and oxygen atoms in total. The summed E-state index contributed by atoms with van der Waals surface area (Å²) in [6.07, 6.45) is 1.78. The fourth-order valence-corrected chi connectivity index (χ4v) is 12.6. The van der Waals surface area contributed by atoms with Crippen LogP contribution < -0.4 is 0 Å². The number of benzene rings is 1. The zero-order chi connectivity index (χ0) is 32.1. The van der Waals surface area contributed by atoms with Crippen molar-refractivity contribution >= 4 is 16.7 Å². The first-order valence-corrected chi connectivity index (χ1v) is 17.2. The predicted octanol–water partition coefficient (Wildman–Crippen LogP) is 4.52. The van der Waals surface area contributed by atoms with Gasteiger partial charge in [-0.1, -0.05) is 13.8 Å². The van der Waals surface area contributed by atoms with Crippen LogP contribution >= 0.6 is 0 Å². The van der Waals surface area contributed by atoms with E-state index < -0.39 is 57.8 Å². The highest BCUT2D eigenvalue weighted by molar-refractivity contribution is 6.06. The van der Waals surface area contributed by atoms with Gasteiger partial charge >= 0.3 is 0 Å². The SMILES string of the molecule is CC(C)(O)[C@H]1OC2CC[C@@]3(C)[C@@](O)(CCC4Cc5c([nH]c6ccc7c(c56)C[C@H]5[C@H](C7=O)C(C)(C)OC5(C)C)[C@@]43C)[C@]23O[C@H]3[C@@H]1O. The van der Waals surface area contributed by atoms with Crippen molar-refractivity contribution in [3.8, 4) is 0 Å². The molecular formula is C37H49NO7. The lowest BCUT2D eigenvalue weighted by Gasteiger charge is -2.66. The largest absolute Gasteiger partial charge is 0.388 e. The van der Waals surface area contributed by atoms with Gasteiger partial charge in [0, 0.05) is 38.9 Å². The molecule has 45 heavy (non-hydrogen) atoms. The Kier molecular flexibility index (Phi) is 5.26. The van der Waals surface area contributed by atoms with Gasteiger partial charge in [-0.2, -0.15) is 0 Å². The molecule has 0 bridgehead atoms. The van der Waals surface area contributed by atoms with Crippen molar-refractivity contribution in [1.29, 1.82) is 0 Å². The molecule has 8 heteroatoms. The van der Waals surface area contributed by atoms with E-state index in [0.29, 0.717) is 18.8 Å². The van der Waals surface area contributed by atoms with Crippen LogP contribution in [0.5, 0.6) is 0 Å². The minimum atomic E-state index is -1.23. The van der Waals surface area contributed by atoms with Crippen molar-refractivity contribution in [3.63, 3.8) is 0 Å². The highest BCUT2D eigenvalue weighted by Gasteiger charge is 2.86. The molecule has 244 valence electrons. The summed E-state index contributed by atoms with van der Waals surface area (Å²) in [6.45, 7) is 16.3. The number of carbonyl (C=O) groups is 1. The molecule has 2 saturated carbocycles. The molecule has 1 spiro atoms. The van der Waals surface area contributed by atoms with Crippen LogP contribution in [0.3, 0.4) is 0 Å². The number of aromatic nitrogens is 1. The molecule has 7 aliphatic rings. The molecule has 11 atom stereocenters. The number of hydrogen-bond acceptors (Lipinski definition) is 7. The van der Waals surface area contributed by atoms with Crippen molar-refractivity contribution in [2.75, 3.05) is 0 Å². The molecular weight excluding hydrogens is 570 g/mol. The van der Waals surface area contributed by atoms with Gasteiger partial charge < -0.3 is 34.5 Å². The maximum atomic E-state index is 14.2. The average molecular weight is 620 g/mol. The van der Waals surface area contributed by atoms with Crippen LogP contribution in [0.15, 0.2) is 12.1 Å². The lowest BCUT2D eigenvalue weighted by Crippen LogP contribution is -2.76. The molecule has 5 fully saturated rings. The summed E-state index contributed by atoms with van der Waals surface area (Å²) in [4.78, 5) is 18.0. The molecule has 2 aromatic rings. The number of H-pyrrole nitrogens is 1. The van der Waals surface area contributed by atoms with Gasteiger partial charge in [0.25, 0.3) is 0 Å². The molecule has 4 N–H and O–H groups in total. The number of epoxide rings is 1. The minimum Gasteiger partial charge on any atom is -0.388 e. The maximum Gasteiger partial charge on any atom is 0.169 e. The molecule has 4 aliphatic carbocycles.